The van der Waals surface area contributed by atoms with Gasteiger partial charge in [-0.15, -0.1) is 0 Å². The summed E-state index contributed by atoms with van der Waals surface area (Å²) in [5, 5.41) is 5.35. The number of pyridine rings is 1. The number of hydrogen-bond acceptors (Lipinski definition) is 3. The Morgan fingerprint density at radius 2 is 1.87 bits per heavy atom. The Labute approximate surface area is 135 Å². The molecule has 0 saturated heterocycles. The second-order valence-electron chi connectivity index (χ2n) is 4.81. The van der Waals surface area contributed by atoms with Crippen LogP contribution in [-0.4, -0.2) is 13.4 Å². The molecule has 1 aromatic heterocycles. The highest BCUT2D eigenvalue weighted by atomic mass is 35.5. The Balaban J connectivity index is 2.45. The molecule has 0 aliphatic rings. The van der Waals surface area contributed by atoms with Crippen molar-refractivity contribution in [1.82, 2.24) is 4.98 Å². The number of sulfonamides is 1. The van der Waals surface area contributed by atoms with E-state index in [0.29, 0.717) is 10.9 Å². The summed E-state index contributed by atoms with van der Waals surface area (Å²) in [5.74, 6) is -1.77. The first kappa shape index (κ1) is 15.8. The number of aromatic nitrogens is 1. The number of halogens is 3. The molecule has 4 nitrogen and oxygen atoms in total. The van der Waals surface area contributed by atoms with Crippen LogP contribution in [0.1, 0.15) is 0 Å². The minimum Gasteiger partial charge on any atom is -0.256 e. The van der Waals surface area contributed by atoms with Crippen LogP contribution in [0.2, 0.25) is 5.02 Å². The van der Waals surface area contributed by atoms with Gasteiger partial charge in [-0.05, 0) is 30.3 Å². The highest BCUT2D eigenvalue weighted by Crippen LogP contribution is 2.37. The van der Waals surface area contributed by atoms with Crippen molar-refractivity contribution in [2.45, 2.75) is 4.90 Å². The molecule has 118 valence electrons. The predicted molar refractivity (Wildman–Crippen MR) is 83.5 cm³/mol. The van der Waals surface area contributed by atoms with Crippen LogP contribution < -0.4 is 5.14 Å². The van der Waals surface area contributed by atoms with Crippen molar-refractivity contribution in [3.63, 3.8) is 0 Å². The van der Waals surface area contributed by atoms with Crippen molar-refractivity contribution in [3.8, 4) is 11.1 Å². The molecule has 0 fully saturated rings. The van der Waals surface area contributed by atoms with E-state index >= 15 is 0 Å². The molecule has 3 rings (SSSR count). The van der Waals surface area contributed by atoms with Gasteiger partial charge in [0.25, 0.3) is 0 Å². The number of nitrogens with two attached hydrogens (primary N) is 1. The van der Waals surface area contributed by atoms with Gasteiger partial charge in [0.15, 0.2) is 5.82 Å². The molecule has 0 bridgehead atoms. The second kappa shape index (κ2) is 5.52. The number of rotatable bonds is 2. The third-order valence-corrected chi connectivity index (χ3v) is 4.54. The number of hydrogen-bond donors (Lipinski definition) is 1. The Hall–Kier alpha value is -2.09. The number of primary sulfonamides is 1. The van der Waals surface area contributed by atoms with E-state index in [9.17, 15) is 17.2 Å². The largest absolute Gasteiger partial charge is 0.256 e. The van der Waals surface area contributed by atoms with E-state index in [4.69, 9.17) is 16.7 Å². The van der Waals surface area contributed by atoms with Crippen LogP contribution in [0.15, 0.2) is 47.5 Å². The van der Waals surface area contributed by atoms with E-state index in [1.54, 1.807) is 12.1 Å². The Bertz CT molecular complexity index is 1040. The van der Waals surface area contributed by atoms with Gasteiger partial charge in [-0.2, -0.15) is 0 Å². The third kappa shape index (κ3) is 2.78. The highest BCUT2D eigenvalue weighted by Gasteiger charge is 2.23. The number of fused-ring (bicyclic) bond motifs is 1. The molecule has 2 aromatic carbocycles. The van der Waals surface area contributed by atoms with Crippen molar-refractivity contribution in [2.24, 2.45) is 5.14 Å². The van der Waals surface area contributed by atoms with Gasteiger partial charge in [0.2, 0.25) is 10.0 Å². The monoisotopic (exact) mass is 354 g/mol. The van der Waals surface area contributed by atoms with Crippen molar-refractivity contribution < 1.29 is 17.2 Å². The second-order valence-corrected chi connectivity index (χ2v) is 6.75. The van der Waals surface area contributed by atoms with Gasteiger partial charge in [0.1, 0.15) is 10.7 Å². The van der Waals surface area contributed by atoms with Gasteiger partial charge in [-0.3, -0.25) is 4.98 Å². The smallest absolute Gasteiger partial charge is 0.240 e. The maximum atomic E-state index is 14.7. The average Bonchev–Trinajstić information content (AvgIpc) is 2.45. The maximum Gasteiger partial charge on any atom is 0.240 e. The van der Waals surface area contributed by atoms with Gasteiger partial charge in [-0.25, -0.2) is 22.3 Å². The standard InChI is InChI=1S/C15H9ClF2N2O2S/c16-11-3-4-12(23(19,21)22)14(18)13(11)10-7-9(17)6-8-2-1-5-20-15(8)10/h1-7H,(H2,19,21,22). The molecule has 23 heavy (non-hydrogen) atoms. The van der Waals surface area contributed by atoms with Crippen LogP contribution in [0.25, 0.3) is 22.0 Å². The number of nitrogens with zero attached hydrogens (tertiary/aromatic N) is 1. The van der Waals surface area contributed by atoms with Crippen LogP contribution in [0.5, 0.6) is 0 Å². The summed E-state index contributed by atoms with van der Waals surface area (Å²) < 4.78 is 51.5. The zero-order chi connectivity index (χ0) is 16.8. The van der Waals surface area contributed by atoms with E-state index in [1.165, 1.54) is 18.3 Å². The lowest BCUT2D eigenvalue weighted by atomic mass is 10.0. The van der Waals surface area contributed by atoms with Gasteiger partial charge < -0.3 is 0 Å². The molecular weight excluding hydrogens is 346 g/mol. The summed E-state index contributed by atoms with van der Waals surface area (Å²) in [6.45, 7) is 0. The normalized spacial score (nSPS) is 11.8. The summed E-state index contributed by atoms with van der Waals surface area (Å²) in [7, 11) is -4.29. The van der Waals surface area contributed by atoms with Gasteiger partial charge in [0.05, 0.1) is 10.5 Å². The Kier molecular flexibility index (Phi) is 3.79. The molecule has 0 aliphatic carbocycles. The lowest BCUT2D eigenvalue weighted by Crippen LogP contribution is -2.14. The van der Waals surface area contributed by atoms with E-state index < -0.39 is 26.6 Å². The summed E-state index contributed by atoms with van der Waals surface area (Å²) >= 11 is 6.01. The van der Waals surface area contributed by atoms with Crippen molar-refractivity contribution in [3.05, 3.63) is 59.3 Å². The SMILES string of the molecule is NS(=O)(=O)c1ccc(Cl)c(-c2cc(F)cc3cccnc23)c1F. The molecule has 0 unspecified atom stereocenters. The zero-order valence-corrected chi connectivity index (χ0v) is 13.0. The minimum atomic E-state index is -4.29. The van der Waals surface area contributed by atoms with Gasteiger partial charge in [0, 0.05) is 22.7 Å². The van der Waals surface area contributed by atoms with Crippen LogP contribution in [0.3, 0.4) is 0 Å². The summed E-state index contributed by atoms with van der Waals surface area (Å²) in [5.41, 5.74) is 0.0799. The lowest BCUT2D eigenvalue weighted by Gasteiger charge is -2.12. The molecule has 0 saturated carbocycles. The first-order chi connectivity index (χ1) is 10.8. The first-order valence-corrected chi connectivity index (χ1v) is 8.27. The Morgan fingerprint density at radius 3 is 2.57 bits per heavy atom. The molecule has 0 atom stereocenters. The van der Waals surface area contributed by atoms with E-state index in [0.717, 1.165) is 12.1 Å². The summed E-state index contributed by atoms with van der Waals surface area (Å²) in [4.78, 5) is 3.38. The fourth-order valence-corrected chi connectivity index (χ4v) is 3.20. The van der Waals surface area contributed by atoms with Crippen molar-refractivity contribution >= 4 is 32.5 Å². The minimum absolute atomic E-state index is 0.0496. The van der Waals surface area contributed by atoms with Crippen LogP contribution in [-0.2, 0) is 10.0 Å². The van der Waals surface area contributed by atoms with Gasteiger partial charge >= 0.3 is 0 Å². The molecule has 0 amide bonds. The lowest BCUT2D eigenvalue weighted by molar-refractivity contribution is 0.570. The molecule has 2 N–H and O–H groups in total. The van der Waals surface area contributed by atoms with Crippen molar-refractivity contribution in [2.75, 3.05) is 0 Å². The summed E-state index contributed by atoms with van der Waals surface area (Å²) in [6.07, 6.45) is 1.46. The van der Waals surface area contributed by atoms with E-state index in [2.05, 4.69) is 4.98 Å². The predicted octanol–water partition coefficient (Wildman–Crippen LogP) is 3.48. The van der Waals surface area contributed by atoms with E-state index in [1.807, 2.05) is 0 Å². The molecule has 0 aliphatic heterocycles. The quantitative estimate of drug-likeness (QED) is 0.765. The highest BCUT2D eigenvalue weighted by molar-refractivity contribution is 7.89. The molecule has 3 aromatic rings. The maximum absolute atomic E-state index is 14.7. The average molecular weight is 355 g/mol. The molecule has 1 heterocycles. The topological polar surface area (TPSA) is 73.1 Å². The fourth-order valence-electron chi connectivity index (χ4n) is 2.35. The first-order valence-electron chi connectivity index (χ1n) is 6.34. The third-order valence-electron chi connectivity index (χ3n) is 3.30. The van der Waals surface area contributed by atoms with Crippen molar-refractivity contribution in [1.29, 1.82) is 0 Å². The molecule has 0 radical (unpaired) electrons. The molecular formula is C15H9ClF2N2O2S. The van der Waals surface area contributed by atoms with E-state index in [-0.39, 0.29) is 16.1 Å². The fraction of sp³-hybridized carbons (Fsp3) is 0. The van der Waals surface area contributed by atoms with Crippen LogP contribution in [0.4, 0.5) is 8.78 Å². The summed E-state index contributed by atoms with van der Waals surface area (Å²) in [6, 6.07) is 7.65. The van der Waals surface area contributed by atoms with Gasteiger partial charge in [-0.1, -0.05) is 17.7 Å². The van der Waals surface area contributed by atoms with Crippen LogP contribution >= 0.6 is 11.6 Å². The molecule has 0 spiro atoms. The Morgan fingerprint density at radius 1 is 1.13 bits per heavy atom. The molecule has 8 heteroatoms. The number of benzene rings is 2. The zero-order valence-electron chi connectivity index (χ0n) is 11.4. The van der Waals surface area contributed by atoms with Crippen LogP contribution in [0, 0.1) is 11.6 Å².